The van der Waals surface area contributed by atoms with Gasteiger partial charge < -0.3 is 0 Å². The molecule has 0 spiro atoms. The fourth-order valence-corrected chi connectivity index (χ4v) is 2.35. The van der Waals surface area contributed by atoms with Gasteiger partial charge in [0.25, 0.3) is 5.69 Å². The molecule has 5 heteroatoms. The van der Waals surface area contributed by atoms with Crippen molar-refractivity contribution >= 4 is 23.0 Å². The third-order valence-corrected chi connectivity index (χ3v) is 3.21. The van der Waals surface area contributed by atoms with Crippen LogP contribution in [0.5, 0.6) is 0 Å². The Bertz CT molecular complexity index is 807. The molecule has 0 aliphatic carbocycles. The van der Waals surface area contributed by atoms with E-state index in [9.17, 15) is 14.9 Å². The van der Waals surface area contributed by atoms with Gasteiger partial charge in [-0.25, -0.2) is 0 Å². The van der Waals surface area contributed by atoms with E-state index in [1.807, 2.05) is 30.3 Å². The number of carbonyl (C=O) groups is 1. The number of nitrogens with zero attached hydrogens (tertiary/aromatic N) is 2. The second kappa shape index (κ2) is 4.62. The number of nitro groups is 1. The van der Waals surface area contributed by atoms with Gasteiger partial charge in [0.05, 0.1) is 10.6 Å². The van der Waals surface area contributed by atoms with Gasteiger partial charge in [0.2, 0.25) is 6.41 Å². The van der Waals surface area contributed by atoms with Crippen LogP contribution in [0.15, 0.2) is 54.6 Å². The Morgan fingerprint density at radius 1 is 1.05 bits per heavy atom. The van der Waals surface area contributed by atoms with E-state index < -0.39 is 4.92 Å². The van der Waals surface area contributed by atoms with Gasteiger partial charge in [0.15, 0.2) is 0 Å². The Morgan fingerprint density at radius 3 is 2.45 bits per heavy atom. The summed E-state index contributed by atoms with van der Waals surface area (Å²) >= 11 is 0. The molecule has 0 N–H and O–H groups in total. The quantitative estimate of drug-likeness (QED) is 0.415. The molecule has 2 aromatic carbocycles. The molecule has 0 aliphatic heterocycles. The summed E-state index contributed by atoms with van der Waals surface area (Å²) in [5, 5.41) is 11.8. The van der Waals surface area contributed by atoms with Crippen molar-refractivity contribution < 1.29 is 9.72 Å². The molecule has 20 heavy (non-hydrogen) atoms. The van der Waals surface area contributed by atoms with E-state index in [2.05, 4.69) is 0 Å². The fourth-order valence-electron chi connectivity index (χ4n) is 2.35. The van der Waals surface area contributed by atoms with Crippen molar-refractivity contribution in [3.63, 3.8) is 0 Å². The minimum atomic E-state index is -0.475. The molecule has 0 saturated carbocycles. The Morgan fingerprint density at radius 2 is 1.80 bits per heavy atom. The molecule has 0 saturated heterocycles. The summed E-state index contributed by atoms with van der Waals surface area (Å²) in [6.45, 7) is 0. The first-order valence-electron chi connectivity index (χ1n) is 6.01. The van der Waals surface area contributed by atoms with Crippen molar-refractivity contribution in [2.45, 2.75) is 0 Å². The lowest BCUT2D eigenvalue weighted by Crippen LogP contribution is -1.99. The van der Waals surface area contributed by atoms with Gasteiger partial charge >= 0.3 is 0 Å². The Kier molecular flexibility index (Phi) is 2.80. The number of para-hydroxylation sites is 1. The van der Waals surface area contributed by atoms with Crippen LogP contribution in [0.25, 0.3) is 22.2 Å². The maximum Gasteiger partial charge on any atom is 0.293 e. The third kappa shape index (κ3) is 1.76. The molecule has 0 unspecified atom stereocenters. The fraction of sp³-hybridized carbons (Fsp3) is 0. The topological polar surface area (TPSA) is 65.1 Å². The zero-order valence-electron chi connectivity index (χ0n) is 10.4. The molecule has 5 nitrogen and oxygen atoms in total. The van der Waals surface area contributed by atoms with Gasteiger partial charge in [0.1, 0.15) is 5.52 Å². The molecule has 0 atom stereocenters. The van der Waals surface area contributed by atoms with Crippen LogP contribution < -0.4 is 0 Å². The highest BCUT2D eigenvalue weighted by molar-refractivity contribution is 5.97. The standard InChI is InChI=1S/C15H10N2O3/c18-10-16-14(11-5-2-1-3-6-11)9-12-7-4-8-13(15(12)16)17(19)20/h1-10H. The van der Waals surface area contributed by atoms with Crippen LogP contribution in [0.3, 0.4) is 0 Å². The van der Waals surface area contributed by atoms with Crippen LogP contribution in [0.1, 0.15) is 0 Å². The SMILES string of the molecule is O=Cn1c(-c2ccccc2)cc2cccc([N+](=O)[O-])c21. The summed E-state index contributed by atoms with van der Waals surface area (Å²) in [6, 6.07) is 15.9. The number of hydrogen-bond acceptors (Lipinski definition) is 3. The van der Waals surface area contributed by atoms with Crippen molar-refractivity contribution in [2.24, 2.45) is 0 Å². The van der Waals surface area contributed by atoms with E-state index in [1.165, 1.54) is 10.6 Å². The lowest BCUT2D eigenvalue weighted by atomic mass is 10.1. The number of benzene rings is 2. The van der Waals surface area contributed by atoms with Crippen molar-refractivity contribution in [3.8, 4) is 11.3 Å². The molecule has 0 bridgehead atoms. The van der Waals surface area contributed by atoms with Gasteiger partial charge in [-0.05, 0) is 11.6 Å². The summed E-state index contributed by atoms with van der Waals surface area (Å²) in [5.41, 5.74) is 1.73. The molecule has 0 radical (unpaired) electrons. The van der Waals surface area contributed by atoms with Crippen molar-refractivity contribution in [1.82, 2.24) is 4.57 Å². The van der Waals surface area contributed by atoms with Crippen LogP contribution in [-0.4, -0.2) is 15.9 Å². The third-order valence-electron chi connectivity index (χ3n) is 3.21. The van der Waals surface area contributed by atoms with Crippen molar-refractivity contribution in [1.29, 1.82) is 0 Å². The van der Waals surface area contributed by atoms with Crippen LogP contribution in [-0.2, 0) is 4.79 Å². The zero-order chi connectivity index (χ0) is 14.1. The minimum absolute atomic E-state index is 0.0724. The van der Waals surface area contributed by atoms with Crippen molar-refractivity contribution in [2.75, 3.05) is 0 Å². The largest absolute Gasteiger partial charge is 0.293 e. The van der Waals surface area contributed by atoms with Gasteiger partial charge in [-0.1, -0.05) is 42.5 Å². The molecule has 3 rings (SSSR count). The number of fused-ring (bicyclic) bond motifs is 1. The van der Waals surface area contributed by atoms with Gasteiger partial charge in [-0.15, -0.1) is 0 Å². The number of carbonyl (C=O) groups excluding carboxylic acids is 1. The molecule has 1 aromatic heterocycles. The lowest BCUT2D eigenvalue weighted by Gasteiger charge is -2.03. The van der Waals surface area contributed by atoms with Crippen molar-refractivity contribution in [3.05, 3.63) is 64.7 Å². The predicted octanol–water partition coefficient (Wildman–Crippen LogP) is 3.25. The van der Waals surface area contributed by atoms with E-state index in [0.717, 1.165) is 5.56 Å². The average molecular weight is 266 g/mol. The first-order valence-corrected chi connectivity index (χ1v) is 6.01. The summed E-state index contributed by atoms with van der Waals surface area (Å²) in [5.74, 6) is 0. The van der Waals surface area contributed by atoms with Crippen LogP contribution >= 0.6 is 0 Å². The highest BCUT2D eigenvalue weighted by Gasteiger charge is 2.19. The van der Waals surface area contributed by atoms with E-state index in [4.69, 9.17) is 0 Å². The Hall–Kier alpha value is -2.95. The van der Waals surface area contributed by atoms with Gasteiger partial charge in [-0.3, -0.25) is 19.5 Å². The molecular weight excluding hydrogens is 256 g/mol. The lowest BCUT2D eigenvalue weighted by molar-refractivity contribution is -0.383. The highest BCUT2D eigenvalue weighted by atomic mass is 16.6. The summed E-state index contributed by atoms with van der Waals surface area (Å²) < 4.78 is 1.32. The zero-order valence-corrected chi connectivity index (χ0v) is 10.4. The minimum Gasteiger partial charge on any atom is -0.278 e. The predicted molar refractivity (Wildman–Crippen MR) is 76.2 cm³/mol. The normalized spacial score (nSPS) is 10.6. The second-order valence-corrected chi connectivity index (χ2v) is 4.34. The van der Waals surface area contributed by atoms with E-state index in [0.29, 0.717) is 23.0 Å². The maximum absolute atomic E-state index is 11.4. The monoisotopic (exact) mass is 266 g/mol. The first kappa shape index (κ1) is 12.1. The van der Waals surface area contributed by atoms with E-state index in [1.54, 1.807) is 18.2 Å². The molecule has 0 aliphatic rings. The summed E-state index contributed by atoms with van der Waals surface area (Å²) in [7, 11) is 0. The highest BCUT2D eigenvalue weighted by Crippen LogP contribution is 2.32. The van der Waals surface area contributed by atoms with Crippen LogP contribution in [0.2, 0.25) is 0 Å². The number of rotatable bonds is 3. The maximum atomic E-state index is 11.4. The van der Waals surface area contributed by atoms with E-state index >= 15 is 0 Å². The van der Waals surface area contributed by atoms with Gasteiger partial charge in [-0.2, -0.15) is 0 Å². The van der Waals surface area contributed by atoms with Crippen LogP contribution in [0.4, 0.5) is 5.69 Å². The van der Waals surface area contributed by atoms with E-state index in [-0.39, 0.29) is 5.69 Å². The average Bonchev–Trinajstić information content (AvgIpc) is 2.86. The van der Waals surface area contributed by atoms with Crippen LogP contribution in [0, 0.1) is 10.1 Å². The Labute approximate surface area is 114 Å². The number of non-ortho nitro benzene ring substituents is 1. The molecule has 98 valence electrons. The summed E-state index contributed by atoms with van der Waals surface area (Å²) in [4.78, 5) is 22.0. The first-order chi connectivity index (χ1) is 9.72. The van der Waals surface area contributed by atoms with Gasteiger partial charge in [0, 0.05) is 11.5 Å². The molecule has 3 aromatic rings. The smallest absolute Gasteiger partial charge is 0.278 e. The number of nitro benzene ring substituents is 1. The molecular formula is C15H10N2O3. The molecule has 0 fully saturated rings. The number of hydrogen-bond donors (Lipinski definition) is 0. The summed E-state index contributed by atoms with van der Waals surface area (Å²) in [6.07, 6.45) is 0.609. The number of aromatic nitrogens is 1. The Balaban J connectivity index is 2.39. The molecule has 1 heterocycles. The second-order valence-electron chi connectivity index (χ2n) is 4.34. The molecule has 0 amide bonds.